The van der Waals surface area contributed by atoms with Crippen molar-refractivity contribution in [1.29, 1.82) is 0 Å². The second kappa shape index (κ2) is 6.53. The zero-order valence-corrected chi connectivity index (χ0v) is 11.7. The van der Waals surface area contributed by atoms with E-state index in [0.29, 0.717) is 17.9 Å². The number of carbonyl (C=O) groups excluding carboxylic acids is 1. The highest BCUT2D eigenvalue weighted by Gasteiger charge is 2.07. The van der Waals surface area contributed by atoms with Crippen molar-refractivity contribution < 1.29 is 17.9 Å². The SMILES string of the molecule is CC(C)COC(=O)Nc1ccc(CS(N)(=O)=O)cc1. The van der Waals surface area contributed by atoms with Crippen molar-refractivity contribution in [2.45, 2.75) is 19.6 Å². The number of rotatable bonds is 5. The number of hydrogen-bond acceptors (Lipinski definition) is 4. The number of amides is 1. The standard InChI is InChI=1S/C12H18N2O4S/c1-9(2)7-18-12(15)14-11-5-3-10(4-6-11)8-19(13,16)17/h3-6,9H,7-8H2,1-2H3,(H,14,15)(H2,13,16,17). The molecule has 3 N–H and O–H groups in total. The number of nitrogens with one attached hydrogen (secondary N) is 1. The number of ether oxygens (including phenoxy) is 1. The Morgan fingerprint density at radius 3 is 2.37 bits per heavy atom. The summed E-state index contributed by atoms with van der Waals surface area (Å²) >= 11 is 0. The molecule has 0 saturated carbocycles. The first-order valence-electron chi connectivity index (χ1n) is 5.79. The van der Waals surface area contributed by atoms with E-state index in [-0.39, 0.29) is 11.7 Å². The summed E-state index contributed by atoms with van der Waals surface area (Å²) in [6, 6.07) is 6.36. The van der Waals surface area contributed by atoms with Gasteiger partial charge < -0.3 is 4.74 Å². The van der Waals surface area contributed by atoms with Gasteiger partial charge in [-0.05, 0) is 23.6 Å². The number of benzene rings is 1. The molecule has 1 aromatic carbocycles. The van der Waals surface area contributed by atoms with E-state index >= 15 is 0 Å². The van der Waals surface area contributed by atoms with E-state index in [2.05, 4.69) is 5.32 Å². The molecule has 0 fully saturated rings. The van der Waals surface area contributed by atoms with Gasteiger partial charge in [-0.1, -0.05) is 26.0 Å². The van der Waals surface area contributed by atoms with Gasteiger partial charge in [-0.3, -0.25) is 5.32 Å². The van der Waals surface area contributed by atoms with Crippen LogP contribution in [0.5, 0.6) is 0 Å². The van der Waals surface area contributed by atoms with Crippen molar-refractivity contribution in [3.05, 3.63) is 29.8 Å². The summed E-state index contributed by atoms with van der Waals surface area (Å²) in [7, 11) is -3.54. The van der Waals surface area contributed by atoms with E-state index in [9.17, 15) is 13.2 Å². The van der Waals surface area contributed by atoms with Crippen LogP contribution in [0.2, 0.25) is 0 Å². The molecule has 0 aliphatic heterocycles. The Balaban J connectivity index is 2.55. The topological polar surface area (TPSA) is 98.5 Å². The Labute approximate surface area is 113 Å². The molecule has 0 unspecified atom stereocenters. The lowest BCUT2D eigenvalue weighted by Gasteiger charge is -2.09. The van der Waals surface area contributed by atoms with Gasteiger partial charge in [0.2, 0.25) is 10.0 Å². The molecular formula is C12H18N2O4S. The van der Waals surface area contributed by atoms with Gasteiger partial charge in [0.15, 0.2) is 0 Å². The normalized spacial score (nSPS) is 11.4. The lowest BCUT2D eigenvalue weighted by Crippen LogP contribution is -2.17. The molecule has 1 rings (SSSR count). The zero-order chi connectivity index (χ0) is 14.5. The van der Waals surface area contributed by atoms with Crippen LogP contribution in [0.25, 0.3) is 0 Å². The van der Waals surface area contributed by atoms with Crippen molar-refractivity contribution >= 4 is 21.8 Å². The summed E-state index contributed by atoms with van der Waals surface area (Å²) in [6.07, 6.45) is -0.534. The Bertz CT molecular complexity index is 523. The number of sulfonamides is 1. The average Bonchev–Trinajstić information content (AvgIpc) is 2.27. The van der Waals surface area contributed by atoms with E-state index in [4.69, 9.17) is 9.88 Å². The predicted molar refractivity (Wildman–Crippen MR) is 73.1 cm³/mol. The molecule has 0 heterocycles. The summed E-state index contributed by atoms with van der Waals surface area (Å²) in [5.74, 6) is 0.0355. The minimum absolute atomic E-state index is 0.231. The minimum Gasteiger partial charge on any atom is -0.449 e. The second-order valence-electron chi connectivity index (χ2n) is 4.62. The van der Waals surface area contributed by atoms with Crippen LogP contribution in [0.4, 0.5) is 10.5 Å². The minimum atomic E-state index is -3.54. The summed E-state index contributed by atoms with van der Waals surface area (Å²) in [6.45, 7) is 4.22. The fourth-order valence-corrected chi connectivity index (χ4v) is 1.97. The van der Waals surface area contributed by atoms with Crippen LogP contribution in [0.1, 0.15) is 19.4 Å². The first-order chi connectivity index (χ1) is 8.76. The molecule has 0 saturated heterocycles. The molecule has 0 atom stereocenters. The number of primary sulfonamides is 1. The molecule has 1 amide bonds. The Morgan fingerprint density at radius 1 is 1.32 bits per heavy atom. The molecule has 6 nitrogen and oxygen atoms in total. The van der Waals surface area contributed by atoms with Gasteiger partial charge in [-0.15, -0.1) is 0 Å². The molecule has 7 heteroatoms. The van der Waals surface area contributed by atoms with Crippen molar-refractivity contribution in [2.75, 3.05) is 11.9 Å². The van der Waals surface area contributed by atoms with Crippen LogP contribution in [0.3, 0.4) is 0 Å². The lowest BCUT2D eigenvalue weighted by atomic mass is 10.2. The van der Waals surface area contributed by atoms with Crippen LogP contribution in [0.15, 0.2) is 24.3 Å². The first-order valence-corrected chi connectivity index (χ1v) is 7.51. The number of hydrogen-bond donors (Lipinski definition) is 2. The average molecular weight is 286 g/mol. The monoisotopic (exact) mass is 286 g/mol. The number of carbonyl (C=O) groups is 1. The summed E-state index contributed by atoms with van der Waals surface area (Å²) in [5.41, 5.74) is 1.09. The molecular weight excluding hydrogens is 268 g/mol. The number of nitrogens with two attached hydrogens (primary N) is 1. The summed E-state index contributed by atoms with van der Waals surface area (Å²) in [4.78, 5) is 11.4. The van der Waals surface area contributed by atoms with Gasteiger partial charge in [-0.25, -0.2) is 18.4 Å². The lowest BCUT2D eigenvalue weighted by molar-refractivity contribution is 0.147. The maximum Gasteiger partial charge on any atom is 0.411 e. The molecule has 0 aliphatic rings. The largest absolute Gasteiger partial charge is 0.449 e. The van der Waals surface area contributed by atoms with Crippen molar-refractivity contribution in [1.82, 2.24) is 0 Å². The summed E-state index contributed by atoms with van der Waals surface area (Å²) < 4.78 is 26.8. The van der Waals surface area contributed by atoms with Gasteiger partial charge >= 0.3 is 6.09 Å². The third-order valence-corrected chi connectivity index (χ3v) is 2.85. The maximum absolute atomic E-state index is 11.4. The second-order valence-corrected chi connectivity index (χ2v) is 6.24. The smallest absolute Gasteiger partial charge is 0.411 e. The molecule has 0 aliphatic carbocycles. The molecule has 0 radical (unpaired) electrons. The third kappa shape index (κ3) is 6.78. The van der Waals surface area contributed by atoms with Gasteiger partial charge in [0.25, 0.3) is 0 Å². The van der Waals surface area contributed by atoms with Crippen molar-refractivity contribution in [2.24, 2.45) is 11.1 Å². The number of anilines is 1. The van der Waals surface area contributed by atoms with Crippen molar-refractivity contribution in [3.8, 4) is 0 Å². The third-order valence-electron chi connectivity index (χ3n) is 2.12. The highest BCUT2D eigenvalue weighted by Crippen LogP contribution is 2.11. The van der Waals surface area contributed by atoms with Gasteiger partial charge in [0, 0.05) is 5.69 Å². The van der Waals surface area contributed by atoms with Crippen LogP contribution < -0.4 is 10.5 Å². The highest BCUT2D eigenvalue weighted by atomic mass is 32.2. The predicted octanol–water partition coefficient (Wildman–Crippen LogP) is 1.68. The molecule has 0 bridgehead atoms. The fraction of sp³-hybridized carbons (Fsp3) is 0.417. The van der Waals surface area contributed by atoms with E-state index in [0.717, 1.165) is 0 Å². The van der Waals surface area contributed by atoms with Gasteiger partial charge in [-0.2, -0.15) is 0 Å². The van der Waals surface area contributed by atoms with E-state index in [1.807, 2.05) is 13.8 Å². The quantitative estimate of drug-likeness (QED) is 0.860. The fourth-order valence-electron chi connectivity index (χ4n) is 1.31. The van der Waals surface area contributed by atoms with Crippen LogP contribution in [-0.2, 0) is 20.5 Å². The zero-order valence-electron chi connectivity index (χ0n) is 10.9. The van der Waals surface area contributed by atoms with Crippen LogP contribution in [0, 0.1) is 5.92 Å². The van der Waals surface area contributed by atoms with E-state index in [1.54, 1.807) is 24.3 Å². The molecule has 106 valence electrons. The van der Waals surface area contributed by atoms with E-state index < -0.39 is 16.1 Å². The Morgan fingerprint density at radius 2 is 1.89 bits per heavy atom. The first kappa shape index (κ1) is 15.5. The molecule has 0 aromatic heterocycles. The summed E-state index contributed by atoms with van der Waals surface area (Å²) in [5, 5.41) is 7.48. The van der Waals surface area contributed by atoms with Gasteiger partial charge in [0.05, 0.1) is 12.4 Å². The molecule has 0 spiro atoms. The Kier molecular flexibility index (Phi) is 5.31. The van der Waals surface area contributed by atoms with Crippen LogP contribution in [-0.4, -0.2) is 21.1 Å². The van der Waals surface area contributed by atoms with Crippen molar-refractivity contribution in [3.63, 3.8) is 0 Å². The van der Waals surface area contributed by atoms with Gasteiger partial charge in [0.1, 0.15) is 0 Å². The molecule has 19 heavy (non-hydrogen) atoms. The Hall–Kier alpha value is -1.60. The molecule has 1 aromatic rings. The highest BCUT2D eigenvalue weighted by molar-refractivity contribution is 7.88. The van der Waals surface area contributed by atoms with Crippen LogP contribution >= 0.6 is 0 Å². The van der Waals surface area contributed by atoms with E-state index in [1.165, 1.54) is 0 Å². The maximum atomic E-state index is 11.4.